The zero-order valence-electron chi connectivity index (χ0n) is 13.8. The van der Waals surface area contributed by atoms with Crippen LogP contribution in [-0.2, 0) is 9.53 Å². The Morgan fingerprint density at radius 2 is 1.96 bits per heavy atom. The SMILES string of the molecule is COC(=O)CC(C)NC(=O)c1nn(-c2ccccc2)c(C)cc1=O. The molecule has 0 radical (unpaired) electrons. The molecule has 24 heavy (non-hydrogen) atoms. The van der Waals surface area contributed by atoms with E-state index in [-0.39, 0.29) is 12.1 Å². The number of carbonyl (C=O) groups is 2. The largest absolute Gasteiger partial charge is 0.469 e. The Kier molecular flexibility index (Phi) is 5.47. The summed E-state index contributed by atoms with van der Waals surface area (Å²) in [5.74, 6) is -1.07. The quantitative estimate of drug-likeness (QED) is 0.833. The van der Waals surface area contributed by atoms with Crippen molar-refractivity contribution in [3.05, 3.63) is 58.0 Å². The number of hydrogen-bond donors (Lipinski definition) is 1. The molecule has 1 amide bonds. The van der Waals surface area contributed by atoms with Crippen LogP contribution >= 0.6 is 0 Å². The number of para-hydroxylation sites is 1. The van der Waals surface area contributed by atoms with Crippen LogP contribution in [0.4, 0.5) is 0 Å². The molecule has 0 aliphatic rings. The smallest absolute Gasteiger partial charge is 0.307 e. The standard InChI is InChI=1S/C17H19N3O4/c1-11(9-15(22)24-3)18-17(23)16-14(21)10-12(2)20(19-16)13-7-5-4-6-8-13/h4-8,10-11H,9H2,1-3H3,(H,18,23). The molecule has 2 rings (SSSR count). The van der Waals surface area contributed by atoms with Crippen LogP contribution in [0.2, 0.25) is 0 Å². The van der Waals surface area contributed by atoms with Crippen LogP contribution in [0.3, 0.4) is 0 Å². The maximum atomic E-state index is 12.3. The van der Waals surface area contributed by atoms with Crippen molar-refractivity contribution in [2.75, 3.05) is 7.11 Å². The zero-order valence-corrected chi connectivity index (χ0v) is 13.8. The average Bonchev–Trinajstić information content (AvgIpc) is 2.55. The Balaban J connectivity index is 2.29. The van der Waals surface area contributed by atoms with Crippen molar-refractivity contribution in [3.63, 3.8) is 0 Å². The second-order valence-electron chi connectivity index (χ2n) is 5.40. The summed E-state index contributed by atoms with van der Waals surface area (Å²) in [5.41, 5.74) is 0.667. The van der Waals surface area contributed by atoms with Gasteiger partial charge in [0.05, 0.1) is 19.2 Å². The number of amides is 1. The molecule has 0 aliphatic carbocycles. The number of hydrogen-bond acceptors (Lipinski definition) is 5. The maximum Gasteiger partial charge on any atom is 0.307 e. The van der Waals surface area contributed by atoms with Crippen LogP contribution < -0.4 is 10.7 Å². The van der Waals surface area contributed by atoms with Gasteiger partial charge in [-0.1, -0.05) is 18.2 Å². The second-order valence-corrected chi connectivity index (χ2v) is 5.40. The molecular formula is C17H19N3O4. The van der Waals surface area contributed by atoms with Gasteiger partial charge in [-0.3, -0.25) is 14.4 Å². The van der Waals surface area contributed by atoms with E-state index in [1.165, 1.54) is 17.9 Å². The highest BCUT2D eigenvalue weighted by Crippen LogP contribution is 2.08. The molecule has 0 saturated heterocycles. The molecule has 1 unspecified atom stereocenters. The second kappa shape index (κ2) is 7.54. The summed E-state index contributed by atoms with van der Waals surface area (Å²) in [5, 5.41) is 6.76. The summed E-state index contributed by atoms with van der Waals surface area (Å²) in [7, 11) is 1.27. The molecule has 7 nitrogen and oxygen atoms in total. The van der Waals surface area contributed by atoms with Gasteiger partial charge in [-0.2, -0.15) is 5.10 Å². The lowest BCUT2D eigenvalue weighted by Gasteiger charge is -2.14. The Hall–Kier alpha value is -2.96. The molecule has 2 aromatic rings. The number of rotatable bonds is 5. The van der Waals surface area contributed by atoms with Crippen molar-refractivity contribution in [3.8, 4) is 5.69 Å². The molecule has 0 bridgehead atoms. The van der Waals surface area contributed by atoms with Gasteiger partial charge in [0.15, 0.2) is 5.69 Å². The van der Waals surface area contributed by atoms with E-state index in [0.29, 0.717) is 5.69 Å². The van der Waals surface area contributed by atoms with Gasteiger partial charge in [0, 0.05) is 17.8 Å². The minimum absolute atomic E-state index is 0.0149. The lowest BCUT2D eigenvalue weighted by molar-refractivity contribution is -0.141. The Bertz CT molecular complexity index is 799. The van der Waals surface area contributed by atoms with Crippen LogP contribution in [-0.4, -0.2) is 34.8 Å². The third kappa shape index (κ3) is 4.07. The minimum Gasteiger partial charge on any atom is -0.469 e. The molecule has 7 heteroatoms. The van der Waals surface area contributed by atoms with E-state index in [4.69, 9.17) is 0 Å². The molecule has 1 N–H and O–H groups in total. The highest BCUT2D eigenvalue weighted by atomic mass is 16.5. The maximum absolute atomic E-state index is 12.3. The lowest BCUT2D eigenvalue weighted by atomic mass is 10.2. The highest BCUT2D eigenvalue weighted by molar-refractivity contribution is 5.92. The van der Waals surface area contributed by atoms with E-state index >= 15 is 0 Å². The van der Waals surface area contributed by atoms with Crippen molar-refractivity contribution in [1.29, 1.82) is 0 Å². The number of ether oxygens (including phenoxy) is 1. The summed E-state index contributed by atoms with van der Waals surface area (Å²) in [4.78, 5) is 35.6. The Labute approximate surface area is 139 Å². The Morgan fingerprint density at radius 3 is 2.58 bits per heavy atom. The molecular weight excluding hydrogens is 310 g/mol. The number of carbonyl (C=O) groups excluding carboxylic acids is 2. The van der Waals surface area contributed by atoms with E-state index in [9.17, 15) is 14.4 Å². The third-order valence-electron chi connectivity index (χ3n) is 3.40. The van der Waals surface area contributed by atoms with Gasteiger partial charge in [-0.25, -0.2) is 4.68 Å². The number of esters is 1. The van der Waals surface area contributed by atoms with E-state index in [1.807, 2.05) is 30.3 Å². The van der Waals surface area contributed by atoms with Crippen LogP contribution in [0.1, 0.15) is 29.5 Å². The number of nitrogens with one attached hydrogen (secondary N) is 1. The van der Waals surface area contributed by atoms with E-state index < -0.39 is 23.3 Å². The number of nitrogens with zero attached hydrogens (tertiary/aromatic N) is 2. The van der Waals surface area contributed by atoms with Gasteiger partial charge in [-0.05, 0) is 26.0 Å². The number of methoxy groups -OCH3 is 1. The summed E-state index contributed by atoms with van der Waals surface area (Å²) < 4.78 is 6.08. The first-order valence-corrected chi connectivity index (χ1v) is 7.46. The molecule has 126 valence electrons. The first kappa shape index (κ1) is 17.4. The van der Waals surface area contributed by atoms with Crippen LogP contribution in [0, 0.1) is 6.92 Å². The predicted molar refractivity (Wildman–Crippen MR) is 88.1 cm³/mol. The normalized spacial score (nSPS) is 11.6. The van der Waals surface area contributed by atoms with Crippen LogP contribution in [0.15, 0.2) is 41.2 Å². The lowest BCUT2D eigenvalue weighted by Crippen LogP contribution is -2.38. The average molecular weight is 329 g/mol. The summed E-state index contributed by atoms with van der Waals surface area (Å²) >= 11 is 0. The van der Waals surface area contributed by atoms with Crippen molar-refractivity contribution in [1.82, 2.24) is 15.1 Å². The molecule has 0 aliphatic heterocycles. The Morgan fingerprint density at radius 1 is 1.29 bits per heavy atom. The summed E-state index contributed by atoms with van der Waals surface area (Å²) in [6.07, 6.45) is 0.0149. The van der Waals surface area contributed by atoms with Gasteiger partial charge >= 0.3 is 5.97 Å². The van der Waals surface area contributed by atoms with E-state index in [2.05, 4.69) is 15.2 Å². The highest BCUT2D eigenvalue weighted by Gasteiger charge is 2.18. The van der Waals surface area contributed by atoms with Gasteiger partial charge in [0.1, 0.15) is 0 Å². The van der Waals surface area contributed by atoms with Crippen molar-refractivity contribution in [2.24, 2.45) is 0 Å². The van der Waals surface area contributed by atoms with Gasteiger partial charge in [0.2, 0.25) is 5.43 Å². The monoisotopic (exact) mass is 329 g/mol. The molecule has 0 spiro atoms. The summed E-state index contributed by atoms with van der Waals surface area (Å²) in [6.45, 7) is 3.39. The predicted octanol–water partition coefficient (Wildman–Crippen LogP) is 1.22. The van der Waals surface area contributed by atoms with Crippen LogP contribution in [0.25, 0.3) is 5.69 Å². The zero-order chi connectivity index (χ0) is 17.7. The number of aromatic nitrogens is 2. The molecule has 0 saturated carbocycles. The first-order chi connectivity index (χ1) is 11.4. The molecule has 0 fully saturated rings. The van der Waals surface area contributed by atoms with Crippen LogP contribution in [0.5, 0.6) is 0 Å². The molecule has 1 aromatic carbocycles. The van der Waals surface area contributed by atoms with Gasteiger partial charge < -0.3 is 10.1 Å². The number of aryl methyl sites for hydroxylation is 1. The fraction of sp³-hybridized carbons (Fsp3) is 0.294. The van der Waals surface area contributed by atoms with Crippen molar-refractivity contribution < 1.29 is 14.3 Å². The molecule has 1 aromatic heterocycles. The third-order valence-corrected chi connectivity index (χ3v) is 3.40. The van der Waals surface area contributed by atoms with Crippen molar-refractivity contribution in [2.45, 2.75) is 26.3 Å². The first-order valence-electron chi connectivity index (χ1n) is 7.46. The van der Waals surface area contributed by atoms with E-state index in [0.717, 1.165) is 5.69 Å². The summed E-state index contributed by atoms with van der Waals surface area (Å²) in [6, 6.07) is 10.1. The fourth-order valence-corrected chi connectivity index (χ4v) is 2.21. The minimum atomic E-state index is -0.624. The van der Waals surface area contributed by atoms with E-state index in [1.54, 1.807) is 13.8 Å². The topological polar surface area (TPSA) is 90.3 Å². The molecule has 1 heterocycles. The van der Waals surface area contributed by atoms with Gasteiger partial charge in [0.25, 0.3) is 5.91 Å². The van der Waals surface area contributed by atoms with Gasteiger partial charge in [-0.15, -0.1) is 0 Å². The fourth-order valence-electron chi connectivity index (χ4n) is 2.21. The van der Waals surface area contributed by atoms with Crippen molar-refractivity contribution >= 4 is 11.9 Å². The molecule has 1 atom stereocenters. The number of benzene rings is 1.